The number of benzene rings is 3. The summed E-state index contributed by atoms with van der Waals surface area (Å²) >= 11 is 0. The lowest BCUT2D eigenvalue weighted by molar-refractivity contribution is 0.0658. The van der Waals surface area contributed by atoms with Crippen molar-refractivity contribution in [3.05, 3.63) is 96.6 Å². The van der Waals surface area contributed by atoms with Crippen LogP contribution in [0.3, 0.4) is 0 Å². The Hall–Kier alpha value is -2.72. The van der Waals surface area contributed by atoms with Gasteiger partial charge in [-0.3, -0.25) is 0 Å². The van der Waals surface area contributed by atoms with Crippen molar-refractivity contribution in [2.45, 2.75) is 104 Å². The van der Waals surface area contributed by atoms with Crippen LogP contribution in [0.5, 0.6) is 0 Å². The van der Waals surface area contributed by atoms with Gasteiger partial charge in [-0.25, -0.2) is 4.79 Å². The molecule has 0 radical (unpaired) electrons. The fourth-order valence-electron chi connectivity index (χ4n) is 5.28. The molecule has 0 saturated heterocycles. The van der Waals surface area contributed by atoms with Crippen molar-refractivity contribution >= 4 is 33.1 Å². The number of hydrogen-bond acceptors (Lipinski definition) is 4. The number of hydrogen-bond donors (Lipinski definition) is 0. The van der Waals surface area contributed by atoms with Gasteiger partial charge in [-0.2, -0.15) is 0 Å². The maximum absolute atomic E-state index is 13.4. The molecule has 0 unspecified atom stereocenters. The first-order valence-corrected chi connectivity index (χ1v) is 20.8. The lowest BCUT2D eigenvalue weighted by Crippen LogP contribution is -2.68. The van der Waals surface area contributed by atoms with Crippen LogP contribution in [0.2, 0.25) is 23.2 Å². The van der Waals surface area contributed by atoms with Crippen molar-refractivity contribution in [2.24, 2.45) is 0 Å². The minimum absolute atomic E-state index is 0.0203. The Balaban J connectivity index is 1.98. The molecule has 0 aliphatic carbocycles. The zero-order chi connectivity index (χ0) is 32.6. The summed E-state index contributed by atoms with van der Waals surface area (Å²) in [5.74, 6) is 0. The monoisotopic (exact) mass is 633 g/mol. The van der Waals surface area contributed by atoms with Crippen molar-refractivity contribution in [3.63, 3.8) is 0 Å². The van der Waals surface area contributed by atoms with Crippen LogP contribution in [-0.2, 0) is 20.2 Å². The van der Waals surface area contributed by atoms with Gasteiger partial charge in [0, 0.05) is 12.6 Å². The fourth-order valence-corrected chi connectivity index (χ4v) is 11.0. The summed E-state index contributed by atoms with van der Waals surface area (Å²) in [6, 6.07) is 31.3. The van der Waals surface area contributed by atoms with Gasteiger partial charge in [0.05, 0.1) is 12.7 Å². The highest BCUT2D eigenvalue weighted by molar-refractivity contribution is 6.99. The smallest absolute Gasteiger partial charge is 0.410 e. The molecule has 0 aliphatic heterocycles. The summed E-state index contributed by atoms with van der Waals surface area (Å²) in [6.45, 7) is 23.6. The van der Waals surface area contributed by atoms with Gasteiger partial charge in [-0.05, 0) is 59.4 Å². The van der Waals surface area contributed by atoms with E-state index in [-0.39, 0.29) is 34.9 Å². The predicted molar refractivity (Wildman–Crippen MR) is 189 cm³/mol. The van der Waals surface area contributed by atoms with Gasteiger partial charge < -0.3 is 18.5 Å². The van der Waals surface area contributed by atoms with Crippen molar-refractivity contribution in [1.29, 1.82) is 0 Å². The minimum atomic E-state index is -2.84. The highest BCUT2D eigenvalue weighted by Crippen LogP contribution is 2.39. The summed E-state index contributed by atoms with van der Waals surface area (Å²) in [7, 11) is -4.91. The van der Waals surface area contributed by atoms with E-state index in [1.54, 1.807) is 0 Å². The van der Waals surface area contributed by atoms with Crippen LogP contribution in [0.1, 0.15) is 67.4 Å². The van der Waals surface area contributed by atoms with E-state index in [1.807, 2.05) is 49.1 Å². The van der Waals surface area contributed by atoms with Crippen molar-refractivity contribution in [1.82, 2.24) is 4.90 Å². The molecule has 3 aromatic carbocycles. The maximum Gasteiger partial charge on any atom is 0.410 e. The van der Waals surface area contributed by atoms with E-state index >= 15 is 0 Å². The van der Waals surface area contributed by atoms with E-state index in [2.05, 4.69) is 115 Å². The molecule has 5 nitrogen and oxygen atoms in total. The van der Waals surface area contributed by atoms with Crippen LogP contribution < -0.4 is 10.4 Å². The van der Waals surface area contributed by atoms with Gasteiger partial charge in [0.2, 0.25) is 0 Å². The Kier molecular flexibility index (Phi) is 12.2. The molecule has 1 atom stereocenters. The molecule has 7 heteroatoms. The third-order valence-corrected chi connectivity index (χ3v) is 18.5. The van der Waals surface area contributed by atoms with Crippen LogP contribution in [-0.4, -0.2) is 52.9 Å². The summed E-state index contributed by atoms with van der Waals surface area (Å²) in [5, 5.41) is 2.37. The van der Waals surface area contributed by atoms with Gasteiger partial charge in [0.1, 0.15) is 6.61 Å². The van der Waals surface area contributed by atoms with E-state index in [1.165, 1.54) is 10.4 Å². The Morgan fingerprint density at radius 3 is 1.66 bits per heavy atom. The third kappa shape index (κ3) is 8.93. The zero-order valence-electron chi connectivity index (χ0n) is 28.7. The van der Waals surface area contributed by atoms with Gasteiger partial charge in [0.25, 0.3) is 8.32 Å². The molecule has 0 heterocycles. The summed E-state index contributed by atoms with van der Waals surface area (Å²) in [4.78, 5) is 15.2. The lowest BCUT2D eigenvalue weighted by Gasteiger charge is -2.46. The van der Waals surface area contributed by atoms with Crippen molar-refractivity contribution in [2.75, 3.05) is 13.2 Å². The third-order valence-electron chi connectivity index (χ3n) is 8.95. The molecule has 0 N–H and O–H groups in total. The number of carbonyl (C=O) groups is 1. The highest BCUT2D eigenvalue weighted by Gasteiger charge is 2.51. The van der Waals surface area contributed by atoms with Crippen molar-refractivity contribution in [3.8, 4) is 0 Å². The van der Waals surface area contributed by atoms with E-state index in [0.29, 0.717) is 19.6 Å². The first-order valence-electron chi connectivity index (χ1n) is 16.0. The number of nitrogens with zero attached hydrogens (tertiary/aromatic N) is 1. The van der Waals surface area contributed by atoms with Gasteiger partial charge in [-0.15, -0.1) is 0 Å². The molecule has 3 rings (SSSR count). The molecule has 1 amide bonds. The Bertz CT molecular complexity index is 1250. The summed E-state index contributed by atoms with van der Waals surface area (Å²) in [5.41, 5.74) is 0.972. The molecule has 44 heavy (non-hydrogen) atoms. The van der Waals surface area contributed by atoms with Gasteiger partial charge in [-0.1, -0.05) is 133 Å². The predicted octanol–water partition coefficient (Wildman–Crippen LogP) is 8.39. The minimum Gasteiger partial charge on any atom is -0.445 e. The van der Waals surface area contributed by atoms with E-state index in [0.717, 1.165) is 5.56 Å². The number of amides is 1. The molecule has 0 saturated carbocycles. The topological polar surface area (TPSA) is 48.0 Å². The standard InChI is InChI=1S/C37H55NO4Si2/c1-30(2)38(35(39)40-28-31-20-14-11-15-21-31)27-26-32(29-41-43(9,10)36(3,4)5)42-44(37(6,7)8,33-22-16-12-17-23-33)34-24-18-13-19-25-34/h11-25,30,32H,26-29H2,1-10H3/t32-/m0/s1. The molecule has 0 bridgehead atoms. The second-order valence-corrected chi connectivity index (χ2v) is 23.7. The first kappa shape index (κ1) is 35.8. The largest absolute Gasteiger partial charge is 0.445 e. The second kappa shape index (κ2) is 15.0. The maximum atomic E-state index is 13.4. The first-order chi connectivity index (χ1) is 20.6. The highest BCUT2D eigenvalue weighted by atomic mass is 28.4. The fraction of sp³-hybridized carbons (Fsp3) is 0.486. The molecule has 0 aromatic heterocycles. The summed E-state index contributed by atoms with van der Waals surface area (Å²) in [6.07, 6.45) is 0.106. The Morgan fingerprint density at radius 2 is 1.23 bits per heavy atom. The van der Waals surface area contributed by atoms with Crippen LogP contribution in [0.25, 0.3) is 0 Å². The molecule has 0 spiro atoms. The van der Waals surface area contributed by atoms with Gasteiger partial charge in [0.15, 0.2) is 8.32 Å². The van der Waals surface area contributed by atoms with Crippen molar-refractivity contribution < 1.29 is 18.4 Å². The number of ether oxygens (including phenoxy) is 1. The van der Waals surface area contributed by atoms with Crippen LogP contribution in [0.15, 0.2) is 91.0 Å². The molecule has 3 aromatic rings. The van der Waals surface area contributed by atoms with E-state index in [9.17, 15) is 4.79 Å². The molecule has 0 fully saturated rings. The van der Waals surface area contributed by atoms with E-state index < -0.39 is 16.6 Å². The zero-order valence-corrected chi connectivity index (χ0v) is 30.7. The van der Waals surface area contributed by atoms with Crippen LogP contribution >= 0.6 is 0 Å². The van der Waals surface area contributed by atoms with Gasteiger partial charge >= 0.3 is 6.09 Å². The Labute approximate surface area is 269 Å². The SMILES string of the molecule is CC(C)N(CC[C@@H](CO[Si](C)(C)C(C)(C)C)O[Si](c1ccccc1)(c1ccccc1)C(C)(C)C)C(=O)OCc1ccccc1. The quantitative estimate of drug-likeness (QED) is 0.177. The van der Waals surface area contributed by atoms with Crippen LogP contribution in [0.4, 0.5) is 4.79 Å². The molecular weight excluding hydrogens is 579 g/mol. The number of rotatable bonds is 13. The van der Waals surface area contributed by atoms with Crippen LogP contribution in [0, 0.1) is 0 Å². The number of carbonyl (C=O) groups excluding carboxylic acids is 1. The molecular formula is C37H55NO4Si2. The average molecular weight is 634 g/mol. The van der Waals surface area contributed by atoms with E-state index in [4.69, 9.17) is 13.6 Å². The second-order valence-electron chi connectivity index (χ2n) is 14.6. The lowest BCUT2D eigenvalue weighted by atomic mass is 10.2. The summed E-state index contributed by atoms with van der Waals surface area (Å²) < 4.78 is 20.2. The normalized spacial score (nSPS) is 13.5. The molecule has 0 aliphatic rings. The molecule has 240 valence electrons. The Morgan fingerprint density at radius 1 is 0.750 bits per heavy atom. The average Bonchev–Trinajstić information content (AvgIpc) is 2.97.